The van der Waals surface area contributed by atoms with Gasteiger partial charge in [-0.15, -0.1) is 0 Å². The zero-order chi connectivity index (χ0) is 32.1. The van der Waals surface area contributed by atoms with Gasteiger partial charge in [-0.25, -0.2) is 4.79 Å². The molecule has 246 valence electrons. The molecule has 0 fully saturated rings. The molecule has 0 aliphatic rings. The normalized spacial score (nSPS) is 12.6. The highest BCUT2D eigenvalue weighted by atomic mass is 16.5. The Balaban J connectivity index is 1.55. The Morgan fingerprint density at radius 3 is 1.73 bits per heavy atom. The van der Waals surface area contributed by atoms with Gasteiger partial charge in [-0.3, -0.25) is 0 Å². The third-order valence-corrected chi connectivity index (χ3v) is 8.94. The molecular formula is C42H60O3. The average Bonchev–Trinajstić information content (AvgIpc) is 3.07. The zero-order valence-corrected chi connectivity index (χ0v) is 28.8. The smallest absolute Gasteiger partial charge is 0.339 e. The summed E-state index contributed by atoms with van der Waals surface area (Å²) in [5.41, 5.74) is 6.13. The Morgan fingerprint density at radius 1 is 0.578 bits per heavy atom. The molecule has 0 amide bonds. The number of benzene rings is 3. The molecule has 0 saturated heterocycles. The van der Waals surface area contributed by atoms with Crippen molar-refractivity contribution in [3.63, 3.8) is 0 Å². The maximum Gasteiger partial charge on any atom is 0.339 e. The summed E-state index contributed by atoms with van der Waals surface area (Å²) in [6.07, 6.45) is 19.6. The van der Waals surface area contributed by atoms with Crippen molar-refractivity contribution in [3.05, 3.63) is 83.9 Å². The van der Waals surface area contributed by atoms with E-state index in [0.29, 0.717) is 5.56 Å². The van der Waals surface area contributed by atoms with Crippen LogP contribution in [0.25, 0.3) is 22.3 Å². The fourth-order valence-electron chi connectivity index (χ4n) is 6.07. The monoisotopic (exact) mass is 612 g/mol. The van der Waals surface area contributed by atoms with E-state index in [1.54, 1.807) is 0 Å². The molecule has 0 heterocycles. The first-order valence-corrected chi connectivity index (χ1v) is 18.2. The molecule has 2 atom stereocenters. The topological polar surface area (TPSA) is 35.5 Å². The van der Waals surface area contributed by atoms with E-state index in [2.05, 4.69) is 76.2 Å². The van der Waals surface area contributed by atoms with E-state index >= 15 is 0 Å². The maximum atomic E-state index is 13.4. The van der Waals surface area contributed by atoms with E-state index in [9.17, 15) is 4.79 Å². The maximum absolute atomic E-state index is 13.4. The Kier molecular flexibility index (Phi) is 17.7. The largest absolute Gasteiger partial charge is 0.459 e. The molecule has 3 heteroatoms. The van der Waals surface area contributed by atoms with Crippen LogP contribution in [0.1, 0.15) is 152 Å². The Morgan fingerprint density at radius 2 is 1.11 bits per heavy atom. The van der Waals surface area contributed by atoms with Crippen LogP contribution in [0.2, 0.25) is 0 Å². The molecule has 45 heavy (non-hydrogen) atoms. The summed E-state index contributed by atoms with van der Waals surface area (Å²) >= 11 is 0. The lowest BCUT2D eigenvalue weighted by molar-refractivity contribution is 0.0254. The van der Waals surface area contributed by atoms with Crippen LogP contribution >= 0.6 is 0 Å². The lowest BCUT2D eigenvalue weighted by Gasteiger charge is -2.19. The predicted molar refractivity (Wildman–Crippen MR) is 192 cm³/mol. The zero-order valence-electron chi connectivity index (χ0n) is 28.8. The number of hydrogen-bond acceptors (Lipinski definition) is 3. The number of ether oxygens (including phenoxy) is 2. The highest BCUT2D eigenvalue weighted by molar-refractivity contribution is 5.97. The second kappa shape index (κ2) is 21.8. The lowest BCUT2D eigenvalue weighted by Crippen LogP contribution is -2.19. The van der Waals surface area contributed by atoms with Crippen molar-refractivity contribution in [1.82, 2.24) is 0 Å². The van der Waals surface area contributed by atoms with Crippen molar-refractivity contribution >= 4 is 5.97 Å². The molecular weight excluding hydrogens is 552 g/mol. The van der Waals surface area contributed by atoms with Crippen LogP contribution in [0.5, 0.6) is 0 Å². The van der Waals surface area contributed by atoms with Crippen LogP contribution in [-0.4, -0.2) is 18.7 Å². The molecule has 3 aromatic rings. The molecule has 2 unspecified atom stereocenters. The van der Waals surface area contributed by atoms with Crippen molar-refractivity contribution < 1.29 is 14.3 Å². The number of esters is 1. The minimum Gasteiger partial charge on any atom is -0.459 e. The van der Waals surface area contributed by atoms with Gasteiger partial charge in [0.25, 0.3) is 0 Å². The van der Waals surface area contributed by atoms with Crippen molar-refractivity contribution in [1.29, 1.82) is 0 Å². The van der Waals surface area contributed by atoms with Gasteiger partial charge in [0, 0.05) is 6.61 Å². The summed E-state index contributed by atoms with van der Waals surface area (Å²) < 4.78 is 12.2. The second-order valence-corrected chi connectivity index (χ2v) is 12.8. The van der Waals surface area contributed by atoms with Gasteiger partial charge >= 0.3 is 5.97 Å². The molecule has 3 aromatic carbocycles. The van der Waals surface area contributed by atoms with Gasteiger partial charge in [-0.2, -0.15) is 0 Å². The Labute approximate surface area is 275 Å². The summed E-state index contributed by atoms with van der Waals surface area (Å²) in [6, 6.07) is 25.1. The van der Waals surface area contributed by atoms with Crippen LogP contribution in [0.4, 0.5) is 0 Å². The van der Waals surface area contributed by atoms with E-state index in [1.165, 1.54) is 81.8 Å². The third kappa shape index (κ3) is 13.2. The van der Waals surface area contributed by atoms with Gasteiger partial charge in [0.15, 0.2) is 0 Å². The number of carbonyl (C=O) groups is 1. The quantitative estimate of drug-likeness (QED) is 0.0789. The molecule has 0 aromatic heterocycles. The minimum atomic E-state index is -0.207. The molecule has 0 aliphatic heterocycles. The van der Waals surface area contributed by atoms with Crippen LogP contribution in [-0.2, 0) is 9.47 Å². The molecule has 0 spiro atoms. The van der Waals surface area contributed by atoms with Crippen molar-refractivity contribution in [2.45, 2.75) is 143 Å². The lowest BCUT2D eigenvalue weighted by atomic mass is 9.96. The van der Waals surface area contributed by atoms with Gasteiger partial charge in [0.05, 0.1) is 11.7 Å². The van der Waals surface area contributed by atoms with E-state index < -0.39 is 0 Å². The van der Waals surface area contributed by atoms with Gasteiger partial charge in [-0.1, -0.05) is 165 Å². The van der Waals surface area contributed by atoms with E-state index in [4.69, 9.17) is 9.47 Å². The number of rotatable bonds is 23. The van der Waals surface area contributed by atoms with E-state index in [1.807, 2.05) is 24.3 Å². The summed E-state index contributed by atoms with van der Waals surface area (Å²) in [7, 11) is 0. The summed E-state index contributed by atoms with van der Waals surface area (Å²) in [4.78, 5) is 13.4. The average molecular weight is 613 g/mol. The van der Waals surface area contributed by atoms with Crippen LogP contribution in [0, 0.1) is 0 Å². The predicted octanol–water partition coefficient (Wildman–Crippen LogP) is 12.9. The first kappa shape index (κ1) is 36.6. The van der Waals surface area contributed by atoms with Crippen LogP contribution < -0.4 is 0 Å². The number of unbranched alkanes of at least 4 members (excludes halogenated alkanes) is 11. The summed E-state index contributed by atoms with van der Waals surface area (Å²) in [5, 5.41) is 0. The van der Waals surface area contributed by atoms with Crippen LogP contribution in [0.3, 0.4) is 0 Å². The van der Waals surface area contributed by atoms with E-state index in [0.717, 1.165) is 55.4 Å². The number of carbonyl (C=O) groups excluding carboxylic acids is 1. The minimum absolute atomic E-state index is 0.0142. The standard InChI is InChI=1S/C42H60O3/c1-5-8-10-12-13-14-15-16-17-22-39(21-7-3)45-42(43)41-24-19-18-23-40(41)38-31-29-37(30-32-38)36-27-25-35(26-28-36)34(4)44-33-20-11-9-6-2/h18-19,23-32,34,39H,5-17,20-22,33H2,1-4H3. The van der Waals surface area contributed by atoms with Gasteiger partial charge < -0.3 is 9.47 Å². The second-order valence-electron chi connectivity index (χ2n) is 12.8. The van der Waals surface area contributed by atoms with Crippen molar-refractivity contribution in [2.24, 2.45) is 0 Å². The summed E-state index contributed by atoms with van der Waals surface area (Å²) in [6.45, 7) is 9.62. The molecule has 0 aliphatic carbocycles. The molecule has 3 nitrogen and oxygen atoms in total. The first-order chi connectivity index (χ1) is 22.1. The fraction of sp³-hybridized carbons (Fsp3) is 0.548. The Hall–Kier alpha value is -2.91. The highest BCUT2D eigenvalue weighted by Gasteiger charge is 2.19. The van der Waals surface area contributed by atoms with Gasteiger partial charge in [0.1, 0.15) is 6.10 Å². The molecule has 0 N–H and O–H groups in total. The van der Waals surface area contributed by atoms with Crippen LogP contribution in [0.15, 0.2) is 72.8 Å². The fourth-order valence-corrected chi connectivity index (χ4v) is 6.07. The van der Waals surface area contributed by atoms with Crippen molar-refractivity contribution in [2.75, 3.05) is 6.61 Å². The number of hydrogen-bond donors (Lipinski definition) is 0. The molecule has 0 saturated carbocycles. The highest BCUT2D eigenvalue weighted by Crippen LogP contribution is 2.29. The third-order valence-electron chi connectivity index (χ3n) is 8.94. The van der Waals surface area contributed by atoms with Gasteiger partial charge in [-0.05, 0) is 66.5 Å². The van der Waals surface area contributed by atoms with Crippen molar-refractivity contribution in [3.8, 4) is 22.3 Å². The SMILES string of the molecule is CCCCCCCCCCCC(CCC)OC(=O)c1ccccc1-c1ccc(-c2ccc(C(C)OCCCCCC)cc2)cc1. The van der Waals surface area contributed by atoms with E-state index in [-0.39, 0.29) is 18.2 Å². The molecule has 3 rings (SSSR count). The molecule has 0 radical (unpaired) electrons. The van der Waals surface area contributed by atoms with Gasteiger partial charge in [0.2, 0.25) is 0 Å². The summed E-state index contributed by atoms with van der Waals surface area (Å²) in [5.74, 6) is -0.207. The Bertz CT molecular complexity index is 1200. The molecule has 0 bridgehead atoms. The first-order valence-electron chi connectivity index (χ1n) is 18.2.